The van der Waals surface area contributed by atoms with Crippen molar-refractivity contribution in [2.75, 3.05) is 24.4 Å². The molecule has 0 aromatic heterocycles. The molecular weight excluding hydrogens is 423 g/mol. The summed E-state index contributed by atoms with van der Waals surface area (Å²) in [6.07, 6.45) is 0. The van der Waals surface area contributed by atoms with Crippen LogP contribution >= 0.6 is 0 Å². The molecule has 0 unspecified atom stereocenters. The van der Waals surface area contributed by atoms with Gasteiger partial charge in [-0.15, -0.1) is 0 Å². The number of carbonyl (C=O) groups is 2. The van der Waals surface area contributed by atoms with E-state index in [0.717, 1.165) is 22.1 Å². The number of amides is 2. The number of hydrogen-bond acceptors (Lipinski definition) is 5. The Kier molecular flexibility index (Phi) is 5.87. The molecule has 0 saturated carbocycles. The highest BCUT2D eigenvalue weighted by Gasteiger charge is 2.40. The van der Waals surface area contributed by atoms with E-state index in [1.165, 1.54) is 32.4 Å². The maximum atomic E-state index is 13.9. The zero-order chi connectivity index (χ0) is 23.7. The first-order valence-corrected chi connectivity index (χ1v) is 10.3. The van der Waals surface area contributed by atoms with Gasteiger partial charge in [0.1, 0.15) is 11.5 Å². The van der Waals surface area contributed by atoms with Gasteiger partial charge in [0.25, 0.3) is 11.8 Å². The molecule has 0 atom stereocenters. The van der Waals surface area contributed by atoms with Crippen LogP contribution in [0.25, 0.3) is 5.57 Å². The lowest BCUT2D eigenvalue weighted by Gasteiger charge is -2.15. The summed E-state index contributed by atoms with van der Waals surface area (Å²) in [6, 6.07) is 16.1. The molecule has 0 aliphatic carbocycles. The summed E-state index contributed by atoms with van der Waals surface area (Å²) in [7, 11) is 3.01. The van der Waals surface area contributed by atoms with E-state index in [9.17, 15) is 14.0 Å². The summed E-state index contributed by atoms with van der Waals surface area (Å²) in [5.74, 6) is -0.780. The van der Waals surface area contributed by atoms with Gasteiger partial charge in [0, 0.05) is 5.69 Å². The number of anilines is 2. The molecule has 1 heterocycles. The maximum absolute atomic E-state index is 13.9. The number of nitrogens with one attached hydrogen (secondary N) is 1. The highest BCUT2D eigenvalue weighted by Crippen LogP contribution is 2.37. The Morgan fingerprint density at radius 3 is 2.15 bits per heavy atom. The van der Waals surface area contributed by atoms with Crippen LogP contribution in [0.3, 0.4) is 0 Å². The van der Waals surface area contributed by atoms with E-state index in [1.807, 2.05) is 32.0 Å². The molecule has 1 aliphatic rings. The SMILES string of the molecule is COc1ccc(C2=C(Nc3cc(C)cc(C)c3)C(=O)N(c3cccc(F)c3)C2=O)cc1OC. The molecule has 6 nitrogen and oxygen atoms in total. The second kappa shape index (κ2) is 8.78. The number of carbonyl (C=O) groups excluding carboxylic acids is 2. The number of hydrogen-bond donors (Lipinski definition) is 1. The topological polar surface area (TPSA) is 67.9 Å². The molecule has 168 valence electrons. The van der Waals surface area contributed by atoms with E-state index in [4.69, 9.17) is 9.47 Å². The normalized spacial score (nSPS) is 13.5. The van der Waals surface area contributed by atoms with Crippen molar-refractivity contribution in [1.82, 2.24) is 0 Å². The lowest BCUT2D eigenvalue weighted by Crippen LogP contribution is -2.32. The van der Waals surface area contributed by atoms with E-state index < -0.39 is 17.6 Å². The van der Waals surface area contributed by atoms with E-state index in [1.54, 1.807) is 18.2 Å². The minimum absolute atomic E-state index is 0.0986. The zero-order valence-electron chi connectivity index (χ0n) is 18.7. The van der Waals surface area contributed by atoms with Gasteiger partial charge in [-0.3, -0.25) is 9.59 Å². The molecule has 3 aromatic rings. The van der Waals surface area contributed by atoms with Crippen LogP contribution in [0.2, 0.25) is 0 Å². The van der Waals surface area contributed by atoms with Gasteiger partial charge in [-0.25, -0.2) is 9.29 Å². The number of methoxy groups -OCH3 is 2. The van der Waals surface area contributed by atoms with Crippen molar-refractivity contribution in [3.05, 3.63) is 88.9 Å². The average Bonchev–Trinajstić information content (AvgIpc) is 3.01. The Balaban J connectivity index is 1.87. The summed E-state index contributed by atoms with van der Waals surface area (Å²) in [5.41, 5.74) is 3.56. The molecule has 0 spiro atoms. The largest absolute Gasteiger partial charge is 0.493 e. The Labute approximate surface area is 191 Å². The van der Waals surface area contributed by atoms with Gasteiger partial charge < -0.3 is 14.8 Å². The highest BCUT2D eigenvalue weighted by atomic mass is 19.1. The first kappa shape index (κ1) is 22.1. The molecule has 4 rings (SSSR count). The number of rotatable bonds is 6. The van der Waals surface area contributed by atoms with Crippen LogP contribution in [0.1, 0.15) is 16.7 Å². The summed E-state index contributed by atoms with van der Waals surface area (Å²) in [5, 5.41) is 3.13. The molecule has 3 aromatic carbocycles. The maximum Gasteiger partial charge on any atom is 0.282 e. The van der Waals surface area contributed by atoms with Gasteiger partial charge in [-0.05, 0) is 73.0 Å². The van der Waals surface area contributed by atoms with Crippen molar-refractivity contribution in [1.29, 1.82) is 0 Å². The molecule has 33 heavy (non-hydrogen) atoms. The number of imide groups is 1. The third-order valence-corrected chi connectivity index (χ3v) is 5.31. The third kappa shape index (κ3) is 4.17. The van der Waals surface area contributed by atoms with E-state index in [2.05, 4.69) is 5.32 Å². The Hall–Kier alpha value is -4.13. The van der Waals surface area contributed by atoms with Gasteiger partial charge >= 0.3 is 0 Å². The van der Waals surface area contributed by atoms with Crippen LogP contribution in [0.4, 0.5) is 15.8 Å². The number of benzene rings is 3. The standard InChI is InChI=1S/C26H23FN2O4/c1-15-10-16(2)12-19(11-15)28-24-23(17-8-9-21(32-3)22(13-17)33-4)25(30)29(26(24)31)20-7-5-6-18(27)14-20/h5-14,28H,1-4H3. The van der Waals surface area contributed by atoms with Gasteiger partial charge in [-0.2, -0.15) is 0 Å². The molecule has 7 heteroatoms. The van der Waals surface area contributed by atoms with Crippen LogP contribution < -0.4 is 19.7 Å². The molecule has 0 fully saturated rings. The van der Waals surface area contributed by atoms with Crippen LogP contribution in [0.5, 0.6) is 11.5 Å². The highest BCUT2D eigenvalue weighted by molar-refractivity contribution is 6.46. The van der Waals surface area contributed by atoms with Crippen LogP contribution in [-0.2, 0) is 9.59 Å². The van der Waals surface area contributed by atoms with Crippen molar-refractivity contribution in [3.8, 4) is 11.5 Å². The Morgan fingerprint density at radius 1 is 0.818 bits per heavy atom. The van der Waals surface area contributed by atoms with Crippen molar-refractivity contribution in [2.45, 2.75) is 13.8 Å². The average molecular weight is 446 g/mol. The molecule has 1 aliphatic heterocycles. The molecule has 2 amide bonds. The minimum Gasteiger partial charge on any atom is -0.493 e. The number of nitrogens with zero attached hydrogens (tertiary/aromatic N) is 1. The Morgan fingerprint density at radius 2 is 1.52 bits per heavy atom. The van der Waals surface area contributed by atoms with Crippen LogP contribution in [0.15, 0.2) is 66.4 Å². The van der Waals surface area contributed by atoms with Crippen molar-refractivity contribution < 1.29 is 23.5 Å². The van der Waals surface area contributed by atoms with Crippen molar-refractivity contribution in [2.24, 2.45) is 0 Å². The molecule has 1 N–H and O–H groups in total. The Bertz CT molecular complexity index is 1280. The van der Waals surface area contributed by atoms with Crippen LogP contribution in [-0.4, -0.2) is 26.0 Å². The van der Waals surface area contributed by atoms with Gasteiger partial charge in [0.2, 0.25) is 0 Å². The summed E-state index contributed by atoms with van der Waals surface area (Å²) >= 11 is 0. The summed E-state index contributed by atoms with van der Waals surface area (Å²) < 4.78 is 24.6. The molecular formula is C26H23FN2O4. The van der Waals surface area contributed by atoms with Gasteiger partial charge in [0.15, 0.2) is 11.5 Å². The number of ether oxygens (including phenoxy) is 2. The van der Waals surface area contributed by atoms with E-state index in [0.29, 0.717) is 22.7 Å². The van der Waals surface area contributed by atoms with Crippen LogP contribution in [0, 0.1) is 19.7 Å². The predicted octanol–water partition coefficient (Wildman–Crippen LogP) is 4.86. The molecule has 0 saturated heterocycles. The third-order valence-electron chi connectivity index (χ3n) is 5.31. The number of aryl methyl sites for hydroxylation is 2. The van der Waals surface area contributed by atoms with Crippen molar-refractivity contribution in [3.63, 3.8) is 0 Å². The first-order chi connectivity index (χ1) is 15.8. The van der Waals surface area contributed by atoms with Gasteiger partial charge in [0.05, 0.1) is 25.5 Å². The fourth-order valence-electron chi connectivity index (χ4n) is 3.95. The van der Waals surface area contributed by atoms with Crippen molar-refractivity contribution >= 4 is 28.8 Å². The molecule has 0 radical (unpaired) electrons. The first-order valence-electron chi connectivity index (χ1n) is 10.3. The minimum atomic E-state index is -0.574. The zero-order valence-corrected chi connectivity index (χ0v) is 18.7. The fourth-order valence-corrected chi connectivity index (χ4v) is 3.95. The lowest BCUT2D eigenvalue weighted by atomic mass is 10.0. The smallest absolute Gasteiger partial charge is 0.282 e. The molecule has 0 bridgehead atoms. The summed E-state index contributed by atoms with van der Waals surface area (Å²) in [4.78, 5) is 28.0. The lowest BCUT2D eigenvalue weighted by molar-refractivity contribution is -0.120. The predicted molar refractivity (Wildman–Crippen MR) is 125 cm³/mol. The monoisotopic (exact) mass is 446 g/mol. The second-order valence-electron chi connectivity index (χ2n) is 7.75. The quantitative estimate of drug-likeness (QED) is 0.548. The van der Waals surface area contributed by atoms with E-state index >= 15 is 0 Å². The van der Waals surface area contributed by atoms with Gasteiger partial charge in [-0.1, -0.05) is 18.2 Å². The number of halogens is 1. The summed E-state index contributed by atoms with van der Waals surface area (Å²) in [6.45, 7) is 3.89. The second-order valence-corrected chi connectivity index (χ2v) is 7.75. The van der Waals surface area contributed by atoms with E-state index in [-0.39, 0.29) is 17.0 Å². The fraction of sp³-hybridized carbons (Fsp3) is 0.154.